The van der Waals surface area contributed by atoms with Crippen molar-refractivity contribution in [1.82, 2.24) is 19.7 Å². The van der Waals surface area contributed by atoms with E-state index in [-0.39, 0.29) is 5.91 Å². The fraction of sp³-hybridized carbons (Fsp3) is 0.214. The number of methoxy groups -OCH3 is 1. The van der Waals surface area contributed by atoms with Gasteiger partial charge in [0, 0.05) is 27.6 Å². The molecule has 180 valence electrons. The first-order valence-corrected chi connectivity index (χ1v) is 12.2. The van der Waals surface area contributed by atoms with Gasteiger partial charge in [-0.3, -0.25) is 9.78 Å². The van der Waals surface area contributed by atoms with Crippen LogP contribution in [-0.2, 0) is 12.8 Å². The van der Waals surface area contributed by atoms with Crippen molar-refractivity contribution in [3.63, 3.8) is 0 Å². The molecule has 0 bridgehead atoms. The maximum Gasteiger partial charge on any atom is 0.257 e. The first-order valence-electron chi connectivity index (χ1n) is 11.9. The molecule has 0 saturated carbocycles. The summed E-state index contributed by atoms with van der Waals surface area (Å²) in [5, 5.41) is 10.1. The number of anilines is 1. The molecule has 6 rings (SSSR count). The summed E-state index contributed by atoms with van der Waals surface area (Å²) < 4.78 is 7.22. The lowest BCUT2D eigenvalue weighted by Crippen LogP contribution is -2.18. The highest BCUT2D eigenvalue weighted by Gasteiger charge is 2.25. The summed E-state index contributed by atoms with van der Waals surface area (Å²) in [7, 11) is 1.63. The van der Waals surface area contributed by atoms with E-state index in [2.05, 4.69) is 10.4 Å². The molecule has 0 fully saturated rings. The van der Waals surface area contributed by atoms with Crippen molar-refractivity contribution in [3.05, 3.63) is 81.6 Å². The predicted octanol–water partition coefficient (Wildman–Crippen LogP) is 5.99. The zero-order chi connectivity index (χ0) is 25.0. The number of hydrogen-bond acceptors (Lipinski definition) is 5. The van der Waals surface area contributed by atoms with Gasteiger partial charge in [0.2, 0.25) is 0 Å². The van der Waals surface area contributed by atoms with Gasteiger partial charge in [0.1, 0.15) is 17.1 Å². The Bertz CT molecular complexity index is 1690. The van der Waals surface area contributed by atoms with E-state index in [0.717, 1.165) is 63.6 Å². The van der Waals surface area contributed by atoms with Gasteiger partial charge in [-0.25, -0.2) is 4.98 Å². The minimum Gasteiger partial charge on any atom is -0.494 e. The third kappa shape index (κ3) is 3.67. The van der Waals surface area contributed by atoms with Crippen LogP contribution in [0.25, 0.3) is 27.6 Å². The Morgan fingerprint density at radius 3 is 2.75 bits per heavy atom. The molecule has 5 aromatic rings. The van der Waals surface area contributed by atoms with Gasteiger partial charge in [0.15, 0.2) is 5.82 Å². The maximum atomic E-state index is 13.8. The van der Waals surface area contributed by atoms with Gasteiger partial charge in [-0.1, -0.05) is 23.7 Å². The third-order valence-electron chi connectivity index (χ3n) is 6.71. The Hall–Kier alpha value is -3.97. The highest BCUT2D eigenvalue weighted by atomic mass is 35.5. The molecular weight excluding hydrogens is 474 g/mol. The molecule has 1 aliphatic rings. The third-order valence-corrected chi connectivity index (χ3v) is 6.94. The van der Waals surface area contributed by atoms with Gasteiger partial charge in [-0.15, -0.1) is 0 Å². The second-order valence-corrected chi connectivity index (χ2v) is 9.55. The maximum absolute atomic E-state index is 13.8. The number of fused-ring (bicyclic) bond motifs is 3. The number of benzene rings is 2. The zero-order valence-electron chi connectivity index (χ0n) is 20.2. The van der Waals surface area contributed by atoms with Crippen LogP contribution >= 0.6 is 11.6 Å². The number of aromatic nitrogens is 4. The second-order valence-electron chi connectivity index (χ2n) is 9.12. The number of halogens is 1. The van der Waals surface area contributed by atoms with E-state index < -0.39 is 0 Å². The molecule has 8 heteroatoms. The molecule has 36 heavy (non-hydrogen) atoms. The molecule has 3 aromatic heterocycles. The number of carbonyl (C=O) groups is 1. The van der Waals surface area contributed by atoms with Crippen LogP contribution in [0.2, 0.25) is 5.02 Å². The molecule has 0 radical (unpaired) electrons. The number of carbonyl (C=O) groups excluding carboxylic acids is 1. The normalized spacial score (nSPS) is 12.8. The van der Waals surface area contributed by atoms with Crippen LogP contribution in [0, 0.1) is 13.8 Å². The number of para-hydroxylation sites is 1. The summed E-state index contributed by atoms with van der Waals surface area (Å²) in [4.78, 5) is 23.4. The van der Waals surface area contributed by atoms with Crippen molar-refractivity contribution in [2.75, 3.05) is 12.4 Å². The van der Waals surface area contributed by atoms with Gasteiger partial charge >= 0.3 is 0 Å². The molecule has 0 atom stereocenters. The topological polar surface area (TPSA) is 81.9 Å². The van der Waals surface area contributed by atoms with Crippen molar-refractivity contribution >= 4 is 45.1 Å². The standard InChI is InChI=1S/C28H24ClN5O2/c1-15-12-24(31-27-18(15)6-5-9-23(27)36-3)34-25(13-16(2)33-34)32-28(35)26-19-7-4-8-21(19)30-22-11-10-17(29)14-20(22)26/h5-6,9-14H,4,7-8H2,1-3H3,(H,32,35). The van der Waals surface area contributed by atoms with Crippen molar-refractivity contribution in [1.29, 1.82) is 0 Å². The van der Waals surface area contributed by atoms with Crippen molar-refractivity contribution in [3.8, 4) is 11.6 Å². The molecule has 0 spiro atoms. The van der Waals surface area contributed by atoms with Crippen molar-refractivity contribution in [2.45, 2.75) is 33.1 Å². The summed E-state index contributed by atoms with van der Waals surface area (Å²) in [6.45, 7) is 3.91. The van der Waals surface area contributed by atoms with Gasteiger partial charge in [-0.2, -0.15) is 9.78 Å². The van der Waals surface area contributed by atoms with Crippen molar-refractivity contribution in [2.24, 2.45) is 0 Å². The molecule has 7 nitrogen and oxygen atoms in total. The quantitative estimate of drug-likeness (QED) is 0.330. The number of ether oxygens (including phenoxy) is 1. The summed E-state index contributed by atoms with van der Waals surface area (Å²) in [6.07, 6.45) is 2.66. The van der Waals surface area contributed by atoms with Crippen LogP contribution in [0.3, 0.4) is 0 Å². The fourth-order valence-electron chi connectivity index (χ4n) is 5.08. The lowest BCUT2D eigenvalue weighted by molar-refractivity contribution is 0.102. The molecule has 0 saturated heterocycles. The Morgan fingerprint density at radius 2 is 1.92 bits per heavy atom. The number of nitrogens with one attached hydrogen (secondary N) is 1. The van der Waals surface area contributed by atoms with Crippen LogP contribution in [0.15, 0.2) is 48.5 Å². The summed E-state index contributed by atoms with van der Waals surface area (Å²) >= 11 is 6.31. The highest BCUT2D eigenvalue weighted by molar-refractivity contribution is 6.31. The predicted molar refractivity (Wildman–Crippen MR) is 142 cm³/mol. The van der Waals surface area contributed by atoms with Gasteiger partial charge in [0.05, 0.1) is 23.9 Å². The second kappa shape index (κ2) is 8.60. The van der Waals surface area contributed by atoms with Crippen LogP contribution in [0.5, 0.6) is 5.75 Å². The summed E-state index contributed by atoms with van der Waals surface area (Å²) in [5.74, 6) is 1.61. The smallest absolute Gasteiger partial charge is 0.257 e. The average Bonchev–Trinajstić information content (AvgIpc) is 3.47. The Labute approximate surface area is 213 Å². The molecule has 0 aliphatic heterocycles. The summed E-state index contributed by atoms with van der Waals surface area (Å²) in [5.41, 5.74) is 5.92. The Balaban J connectivity index is 1.47. The number of rotatable bonds is 4. The molecule has 0 unspecified atom stereocenters. The zero-order valence-corrected chi connectivity index (χ0v) is 21.0. The molecule has 1 aliphatic carbocycles. The van der Waals surface area contributed by atoms with E-state index in [0.29, 0.717) is 28.0 Å². The Morgan fingerprint density at radius 1 is 1.06 bits per heavy atom. The monoisotopic (exact) mass is 497 g/mol. The molecule has 1 amide bonds. The Kier molecular flexibility index (Phi) is 5.38. The van der Waals surface area contributed by atoms with Crippen molar-refractivity contribution < 1.29 is 9.53 Å². The molecule has 3 heterocycles. The number of nitrogens with zero attached hydrogens (tertiary/aromatic N) is 4. The van der Waals surface area contributed by atoms with Crippen LogP contribution in [0.4, 0.5) is 5.82 Å². The van der Waals surface area contributed by atoms with Gasteiger partial charge < -0.3 is 10.1 Å². The number of pyridine rings is 2. The van der Waals surface area contributed by atoms with E-state index in [9.17, 15) is 4.79 Å². The first kappa shape index (κ1) is 22.5. The number of amides is 1. The molecular formula is C28H24ClN5O2. The highest BCUT2D eigenvalue weighted by Crippen LogP contribution is 2.33. The van der Waals surface area contributed by atoms with E-state index >= 15 is 0 Å². The SMILES string of the molecule is COc1cccc2c(C)cc(-n3nc(C)cc3NC(=O)c3c4c(nc5ccc(Cl)cc35)CCC4)nc12. The van der Waals surface area contributed by atoms with E-state index in [4.69, 9.17) is 26.3 Å². The number of hydrogen-bond donors (Lipinski definition) is 1. The minimum absolute atomic E-state index is 0.209. The average molecular weight is 498 g/mol. The minimum atomic E-state index is -0.209. The van der Waals surface area contributed by atoms with Crippen LogP contribution in [-0.4, -0.2) is 32.8 Å². The first-order chi connectivity index (χ1) is 17.4. The van der Waals surface area contributed by atoms with E-state index in [1.165, 1.54) is 0 Å². The van der Waals surface area contributed by atoms with Crippen LogP contribution in [0.1, 0.15) is 39.3 Å². The largest absolute Gasteiger partial charge is 0.494 e. The fourth-order valence-corrected chi connectivity index (χ4v) is 5.26. The number of aryl methyl sites for hydroxylation is 3. The lowest BCUT2D eigenvalue weighted by Gasteiger charge is -2.15. The van der Waals surface area contributed by atoms with E-state index in [1.54, 1.807) is 17.9 Å². The van der Waals surface area contributed by atoms with E-state index in [1.807, 2.05) is 56.3 Å². The van der Waals surface area contributed by atoms with Crippen LogP contribution < -0.4 is 10.1 Å². The molecule has 2 aromatic carbocycles. The van der Waals surface area contributed by atoms with Gasteiger partial charge in [0.25, 0.3) is 5.91 Å². The molecule has 1 N–H and O–H groups in total. The summed E-state index contributed by atoms with van der Waals surface area (Å²) in [6, 6.07) is 15.2. The lowest BCUT2D eigenvalue weighted by atomic mass is 10.0. The van der Waals surface area contributed by atoms with Gasteiger partial charge in [-0.05, 0) is 74.6 Å².